The van der Waals surface area contributed by atoms with Gasteiger partial charge in [0.15, 0.2) is 0 Å². The maximum atomic E-state index is 12.1. The lowest BCUT2D eigenvalue weighted by Crippen LogP contribution is -2.50. The van der Waals surface area contributed by atoms with Crippen molar-refractivity contribution in [3.05, 3.63) is 28.8 Å². The van der Waals surface area contributed by atoms with Crippen LogP contribution in [0.4, 0.5) is 0 Å². The number of aliphatic hydroxyl groups excluding tert-OH is 1. The summed E-state index contributed by atoms with van der Waals surface area (Å²) in [6.45, 7) is 3.63. The number of phenolic OH excluding ortho intramolecular Hbond substituents is 1. The summed E-state index contributed by atoms with van der Waals surface area (Å²) in [4.78, 5) is 12.1. The molecule has 1 rings (SSSR count). The van der Waals surface area contributed by atoms with Crippen molar-refractivity contribution in [1.82, 2.24) is 5.32 Å². The average molecular weight is 272 g/mol. The maximum absolute atomic E-state index is 12.1. The number of aliphatic hydroxyl groups is 1. The van der Waals surface area contributed by atoms with Crippen LogP contribution in [0.25, 0.3) is 0 Å². The second kappa shape index (κ2) is 6.07. The van der Waals surface area contributed by atoms with Gasteiger partial charge in [0.25, 0.3) is 5.91 Å². The highest BCUT2D eigenvalue weighted by molar-refractivity contribution is 6.31. The minimum absolute atomic E-state index is 0.113. The van der Waals surface area contributed by atoms with E-state index in [0.29, 0.717) is 17.9 Å². The zero-order chi connectivity index (χ0) is 13.8. The van der Waals surface area contributed by atoms with Gasteiger partial charge in [-0.15, -0.1) is 0 Å². The fraction of sp³-hybridized carbons (Fsp3) is 0.462. The van der Waals surface area contributed by atoms with E-state index in [1.54, 1.807) is 0 Å². The standard InChI is InChI=1S/C13H18ClNO3/c1-3-13(4-2,8-16)15-12(18)10-7-9(14)5-6-11(10)17/h5-7,16-17H,3-4,8H2,1-2H3,(H,15,18). The number of amides is 1. The van der Waals surface area contributed by atoms with Crippen molar-refractivity contribution in [1.29, 1.82) is 0 Å². The Morgan fingerprint density at radius 1 is 1.39 bits per heavy atom. The summed E-state index contributed by atoms with van der Waals surface area (Å²) in [5.41, 5.74) is -0.548. The van der Waals surface area contributed by atoms with Gasteiger partial charge in [-0.1, -0.05) is 25.4 Å². The van der Waals surface area contributed by atoms with Crippen LogP contribution < -0.4 is 5.32 Å². The highest BCUT2D eigenvalue weighted by Gasteiger charge is 2.28. The molecule has 1 aromatic carbocycles. The van der Waals surface area contributed by atoms with Crippen molar-refractivity contribution in [3.8, 4) is 5.75 Å². The molecule has 1 aromatic rings. The zero-order valence-electron chi connectivity index (χ0n) is 10.5. The number of nitrogens with one attached hydrogen (secondary N) is 1. The Bertz CT molecular complexity index is 422. The first-order valence-electron chi connectivity index (χ1n) is 5.90. The molecule has 0 aliphatic carbocycles. The minimum Gasteiger partial charge on any atom is -0.507 e. The van der Waals surface area contributed by atoms with Crippen LogP contribution in [0.15, 0.2) is 18.2 Å². The van der Waals surface area contributed by atoms with Crippen LogP contribution in [0.5, 0.6) is 5.75 Å². The van der Waals surface area contributed by atoms with Gasteiger partial charge in [0.05, 0.1) is 17.7 Å². The molecule has 0 bridgehead atoms. The van der Waals surface area contributed by atoms with Gasteiger partial charge in [-0.3, -0.25) is 4.79 Å². The Morgan fingerprint density at radius 2 is 2.00 bits per heavy atom. The molecule has 0 heterocycles. The van der Waals surface area contributed by atoms with E-state index < -0.39 is 11.4 Å². The number of halogens is 1. The van der Waals surface area contributed by atoms with Crippen molar-refractivity contribution in [2.24, 2.45) is 0 Å². The van der Waals surface area contributed by atoms with Crippen LogP contribution in [0.3, 0.4) is 0 Å². The monoisotopic (exact) mass is 271 g/mol. The molecule has 0 unspecified atom stereocenters. The first kappa shape index (κ1) is 14.8. The third-order valence-corrected chi connectivity index (χ3v) is 3.47. The van der Waals surface area contributed by atoms with E-state index in [9.17, 15) is 15.0 Å². The quantitative estimate of drug-likeness (QED) is 0.770. The minimum atomic E-state index is -0.661. The van der Waals surface area contributed by atoms with Crippen LogP contribution in [-0.2, 0) is 0 Å². The summed E-state index contributed by atoms with van der Waals surface area (Å²) in [5.74, 6) is -0.566. The summed E-state index contributed by atoms with van der Waals surface area (Å²) in [5, 5.41) is 22.2. The van der Waals surface area contributed by atoms with Crippen LogP contribution in [0.1, 0.15) is 37.0 Å². The van der Waals surface area contributed by atoms with Crippen molar-refractivity contribution < 1.29 is 15.0 Å². The molecular formula is C13H18ClNO3. The lowest BCUT2D eigenvalue weighted by Gasteiger charge is -2.30. The summed E-state index contributed by atoms with van der Waals surface area (Å²) in [6.07, 6.45) is 1.21. The molecule has 0 aromatic heterocycles. The lowest BCUT2D eigenvalue weighted by molar-refractivity contribution is 0.0815. The van der Waals surface area contributed by atoms with E-state index in [0.717, 1.165) is 0 Å². The first-order valence-corrected chi connectivity index (χ1v) is 6.27. The molecule has 3 N–H and O–H groups in total. The van der Waals surface area contributed by atoms with E-state index in [1.165, 1.54) is 18.2 Å². The molecule has 0 atom stereocenters. The summed E-state index contributed by atoms with van der Waals surface area (Å²) in [6, 6.07) is 4.28. The van der Waals surface area contributed by atoms with Gasteiger partial charge in [0, 0.05) is 5.02 Å². The van der Waals surface area contributed by atoms with E-state index in [-0.39, 0.29) is 17.9 Å². The molecule has 0 saturated heterocycles. The first-order chi connectivity index (χ1) is 8.48. The molecule has 0 fully saturated rings. The van der Waals surface area contributed by atoms with E-state index in [4.69, 9.17) is 11.6 Å². The molecular weight excluding hydrogens is 254 g/mol. The predicted molar refractivity (Wildman–Crippen MR) is 71.0 cm³/mol. The lowest BCUT2D eigenvalue weighted by atomic mass is 9.93. The molecule has 0 saturated carbocycles. The Hall–Kier alpha value is -1.26. The van der Waals surface area contributed by atoms with E-state index in [2.05, 4.69) is 5.32 Å². The number of hydrogen-bond acceptors (Lipinski definition) is 3. The van der Waals surface area contributed by atoms with Gasteiger partial charge < -0.3 is 15.5 Å². The van der Waals surface area contributed by atoms with Gasteiger partial charge in [-0.05, 0) is 31.0 Å². The van der Waals surface area contributed by atoms with Crippen molar-refractivity contribution in [2.45, 2.75) is 32.2 Å². The molecule has 0 aliphatic rings. The molecule has 0 spiro atoms. The summed E-state index contributed by atoms with van der Waals surface area (Å²) in [7, 11) is 0. The Morgan fingerprint density at radius 3 is 2.50 bits per heavy atom. The molecule has 5 heteroatoms. The largest absolute Gasteiger partial charge is 0.507 e. The number of aromatic hydroxyl groups is 1. The predicted octanol–water partition coefficient (Wildman–Crippen LogP) is 2.33. The normalized spacial score (nSPS) is 11.3. The topological polar surface area (TPSA) is 69.6 Å². The highest BCUT2D eigenvalue weighted by Crippen LogP contribution is 2.23. The Balaban J connectivity index is 2.97. The fourth-order valence-electron chi connectivity index (χ4n) is 1.69. The van der Waals surface area contributed by atoms with Gasteiger partial charge in [-0.25, -0.2) is 0 Å². The highest BCUT2D eigenvalue weighted by atomic mass is 35.5. The SMILES string of the molecule is CCC(CC)(CO)NC(=O)c1cc(Cl)ccc1O. The molecule has 1 amide bonds. The van der Waals surface area contributed by atoms with E-state index in [1.807, 2.05) is 13.8 Å². The fourth-order valence-corrected chi connectivity index (χ4v) is 1.86. The molecule has 0 aliphatic heterocycles. The van der Waals surface area contributed by atoms with Crippen molar-refractivity contribution >= 4 is 17.5 Å². The van der Waals surface area contributed by atoms with Gasteiger partial charge in [-0.2, -0.15) is 0 Å². The molecule has 100 valence electrons. The Labute approximate surface area is 112 Å². The third-order valence-electron chi connectivity index (χ3n) is 3.24. The molecule has 0 radical (unpaired) electrons. The molecule has 4 nitrogen and oxygen atoms in total. The number of phenols is 1. The van der Waals surface area contributed by atoms with Gasteiger partial charge >= 0.3 is 0 Å². The van der Waals surface area contributed by atoms with Gasteiger partial charge in [0.2, 0.25) is 0 Å². The maximum Gasteiger partial charge on any atom is 0.255 e. The number of benzene rings is 1. The smallest absolute Gasteiger partial charge is 0.255 e. The summed E-state index contributed by atoms with van der Waals surface area (Å²) < 4.78 is 0. The van der Waals surface area contributed by atoms with Crippen LogP contribution in [-0.4, -0.2) is 28.3 Å². The number of hydrogen-bond donors (Lipinski definition) is 3. The average Bonchev–Trinajstić information content (AvgIpc) is 2.38. The van der Waals surface area contributed by atoms with Crippen LogP contribution in [0.2, 0.25) is 5.02 Å². The zero-order valence-corrected chi connectivity index (χ0v) is 11.3. The van der Waals surface area contributed by atoms with Gasteiger partial charge in [0.1, 0.15) is 5.75 Å². The number of carbonyl (C=O) groups excluding carboxylic acids is 1. The second-order valence-electron chi connectivity index (χ2n) is 4.26. The molecule has 18 heavy (non-hydrogen) atoms. The van der Waals surface area contributed by atoms with Crippen molar-refractivity contribution in [3.63, 3.8) is 0 Å². The van der Waals surface area contributed by atoms with Crippen LogP contribution >= 0.6 is 11.6 Å². The number of carbonyl (C=O) groups is 1. The Kier molecular flexibility index (Phi) is 4.99. The van der Waals surface area contributed by atoms with Crippen molar-refractivity contribution in [2.75, 3.05) is 6.61 Å². The second-order valence-corrected chi connectivity index (χ2v) is 4.70. The van der Waals surface area contributed by atoms with E-state index >= 15 is 0 Å². The number of rotatable bonds is 5. The third kappa shape index (κ3) is 3.15. The van der Waals surface area contributed by atoms with Crippen LogP contribution in [0, 0.1) is 0 Å². The summed E-state index contributed by atoms with van der Waals surface area (Å²) >= 11 is 5.79.